The number of nitrogens with zero attached hydrogens (tertiary/aromatic N) is 2. The second kappa shape index (κ2) is 13.0. The highest BCUT2D eigenvalue weighted by molar-refractivity contribution is 8.19. The molecule has 1 N–H and O–H groups in total. The van der Waals surface area contributed by atoms with Crippen LogP contribution in [-0.4, -0.2) is 29.3 Å². The number of benzene rings is 4. The molecule has 5 rings (SSSR count). The summed E-state index contributed by atoms with van der Waals surface area (Å²) in [5.74, 6) is -0.239. The molecule has 0 unspecified atom stereocenters. The van der Waals surface area contributed by atoms with Crippen LogP contribution in [0, 0.1) is 13.8 Å². The van der Waals surface area contributed by atoms with Crippen LogP contribution in [0.3, 0.4) is 0 Å². The largest absolute Gasteiger partial charge is 0.493 e. The number of rotatable bonds is 8. The van der Waals surface area contributed by atoms with Gasteiger partial charge >= 0.3 is 5.97 Å². The van der Waals surface area contributed by atoms with Crippen molar-refractivity contribution in [1.82, 2.24) is 0 Å². The number of hydrogen-bond donors (Lipinski definition) is 1. The Kier molecular flexibility index (Phi) is 9.11. The summed E-state index contributed by atoms with van der Waals surface area (Å²) in [5.41, 5.74) is 4.80. The van der Waals surface area contributed by atoms with Gasteiger partial charge in [-0.3, -0.25) is 9.69 Å². The van der Waals surface area contributed by atoms with Crippen LogP contribution in [-0.2, 0) is 11.4 Å². The van der Waals surface area contributed by atoms with Gasteiger partial charge in [-0.2, -0.15) is 0 Å². The Labute approximate surface area is 263 Å². The zero-order chi connectivity index (χ0) is 30.7. The summed E-state index contributed by atoms with van der Waals surface area (Å²) in [5, 5.41) is 10.7. The summed E-state index contributed by atoms with van der Waals surface area (Å²) in [4.78, 5) is 31.6. The summed E-state index contributed by atoms with van der Waals surface area (Å²) in [7, 11) is 1.54. The minimum Gasteiger partial charge on any atom is -0.493 e. The molecule has 0 aromatic heterocycles. The molecule has 4 aromatic rings. The quantitative estimate of drug-likeness (QED) is 0.195. The highest BCUT2D eigenvalue weighted by Gasteiger charge is 2.35. The highest BCUT2D eigenvalue weighted by atomic mass is 35.5. The van der Waals surface area contributed by atoms with Crippen LogP contribution in [0.1, 0.15) is 32.6 Å². The Hall–Kier alpha value is -4.24. The molecule has 1 heterocycles. The van der Waals surface area contributed by atoms with Crippen molar-refractivity contribution in [1.29, 1.82) is 0 Å². The van der Waals surface area contributed by atoms with Gasteiger partial charge in [-0.1, -0.05) is 53.5 Å². The molecule has 0 bridgehead atoms. The first-order valence-corrected chi connectivity index (χ1v) is 14.7. The van der Waals surface area contributed by atoms with Crippen molar-refractivity contribution in [2.75, 3.05) is 12.0 Å². The van der Waals surface area contributed by atoms with E-state index in [2.05, 4.69) is 0 Å². The van der Waals surface area contributed by atoms with Gasteiger partial charge in [0.2, 0.25) is 0 Å². The van der Waals surface area contributed by atoms with Gasteiger partial charge in [0.15, 0.2) is 16.7 Å². The minimum atomic E-state index is -0.985. The Morgan fingerprint density at radius 2 is 1.63 bits per heavy atom. The summed E-state index contributed by atoms with van der Waals surface area (Å²) in [6.07, 6.45) is 1.78. The molecule has 1 aliphatic rings. The maximum atomic E-state index is 13.8. The smallest absolute Gasteiger partial charge is 0.335 e. The third-order valence-corrected chi connectivity index (χ3v) is 8.46. The van der Waals surface area contributed by atoms with Crippen LogP contribution in [0.2, 0.25) is 10.0 Å². The maximum absolute atomic E-state index is 13.8. The number of carbonyl (C=O) groups is 2. The van der Waals surface area contributed by atoms with Gasteiger partial charge in [0.1, 0.15) is 6.61 Å². The lowest BCUT2D eigenvalue weighted by Crippen LogP contribution is -2.28. The van der Waals surface area contributed by atoms with Crippen LogP contribution in [0.15, 0.2) is 88.8 Å². The van der Waals surface area contributed by atoms with Crippen LogP contribution in [0.5, 0.6) is 11.5 Å². The van der Waals surface area contributed by atoms with E-state index in [1.54, 1.807) is 47.4 Å². The van der Waals surface area contributed by atoms with Crippen LogP contribution in [0.25, 0.3) is 6.08 Å². The molecule has 0 atom stereocenters. The molecule has 0 aliphatic carbocycles. The average molecular weight is 634 g/mol. The minimum absolute atomic E-state index is 0.206. The molecule has 7 nitrogen and oxygen atoms in total. The van der Waals surface area contributed by atoms with Crippen LogP contribution < -0.4 is 14.4 Å². The van der Waals surface area contributed by atoms with E-state index in [1.165, 1.54) is 31.0 Å². The fourth-order valence-electron chi connectivity index (χ4n) is 4.21. The number of amidine groups is 1. The monoisotopic (exact) mass is 632 g/mol. The van der Waals surface area contributed by atoms with E-state index in [1.807, 2.05) is 44.2 Å². The van der Waals surface area contributed by atoms with Gasteiger partial charge in [0.25, 0.3) is 5.91 Å². The molecule has 0 spiro atoms. The molecular formula is C33H26Cl2N2O5S. The first kappa shape index (κ1) is 30.2. The number of ether oxygens (including phenoxy) is 2. The van der Waals surface area contributed by atoms with Crippen molar-refractivity contribution in [3.8, 4) is 11.5 Å². The van der Waals surface area contributed by atoms with Crippen LogP contribution >= 0.6 is 35.0 Å². The molecule has 1 saturated heterocycles. The number of carboxylic acids is 1. The molecule has 0 radical (unpaired) electrons. The fourth-order valence-corrected chi connectivity index (χ4v) is 5.56. The van der Waals surface area contributed by atoms with E-state index < -0.39 is 5.97 Å². The normalized spacial score (nSPS) is 14.9. The zero-order valence-corrected chi connectivity index (χ0v) is 25.8. The summed E-state index contributed by atoms with van der Waals surface area (Å²) in [6.45, 7) is 4.04. The predicted molar refractivity (Wildman–Crippen MR) is 173 cm³/mol. The second-order valence-corrected chi connectivity index (χ2v) is 11.5. The summed E-state index contributed by atoms with van der Waals surface area (Å²) >= 11 is 14.0. The number of carboxylic acid groups (broad SMARTS) is 1. The second-order valence-electron chi connectivity index (χ2n) is 9.71. The summed E-state index contributed by atoms with van der Waals surface area (Å²) in [6, 6.07) is 22.8. The van der Waals surface area contributed by atoms with E-state index >= 15 is 0 Å². The maximum Gasteiger partial charge on any atom is 0.335 e. The Balaban J connectivity index is 1.43. The van der Waals surface area contributed by atoms with E-state index in [0.29, 0.717) is 43.0 Å². The number of thioether (sulfide) groups is 1. The molecule has 43 heavy (non-hydrogen) atoms. The Bertz CT molecular complexity index is 1790. The van der Waals surface area contributed by atoms with E-state index in [9.17, 15) is 9.59 Å². The first-order valence-electron chi connectivity index (χ1n) is 13.1. The Morgan fingerprint density at radius 1 is 0.930 bits per heavy atom. The molecule has 0 saturated carbocycles. The first-order chi connectivity index (χ1) is 20.6. The lowest BCUT2D eigenvalue weighted by Gasteiger charge is -2.16. The molecule has 1 fully saturated rings. The van der Waals surface area contributed by atoms with Crippen molar-refractivity contribution >= 4 is 69.5 Å². The third-order valence-electron chi connectivity index (χ3n) is 6.68. The number of hydrogen-bond acceptors (Lipinski definition) is 6. The van der Waals surface area contributed by atoms with Gasteiger partial charge in [-0.05, 0) is 102 Å². The van der Waals surface area contributed by atoms with Crippen molar-refractivity contribution in [3.05, 3.63) is 122 Å². The molecule has 1 aliphatic heterocycles. The molecule has 1 amide bonds. The van der Waals surface area contributed by atoms with E-state index in [4.69, 9.17) is 42.8 Å². The molecule has 218 valence electrons. The predicted octanol–water partition coefficient (Wildman–Crippen LogP) is 8.70. The van der Waals surface area contributed by atoms with Crippen molar-refractivity contribution < 1.29 is 24.2 Å². The summed E-state index contributed by atoms with van der Waals surface area (Å²) < 4.78 is 11.5. The van der Waals surface area contributed by atoms with Gasteiger partial charge in [-0.25, -0.2) is 9.79 Å². The highest BCUT2D eigenvalue weighted by Crippen LogP contribution is 2.39. The number of aliphatic imine (C=N–C) groups is 1. The lowest BCUT2D eigenvalue weighted by molar-refractivity contribution is -0.113. The van der Waals surface area contributed by atoms with E-state index in [-0.39, 0.29) is 18.1 Å². The van der Waals surface area contributed by atoms with E-state index in [0.717, 1.165) is 22.3 Å². The Morgan fingerprint density at radius 3 is 2.28 bits per heavy atom. The number of carbonyl (C=O) groups excluding carboxylic acids is 1. The van der Waals surface area contributed by atoms with Crippen molar-refractivity contribution in [2.45, 2.75) is 20.5 Å². The molecule has 10 heteroatoms. The number of amides is 1. The van der Waals surface area contributed by atoms with Crippen LogP contribution in [0.4, 0.5) is 11.4 Å². The van der Waals surface area contributed by atoms with Gasteiger partial charge in [0.05, 0.1) is 29.0 Å². The SMILES string of the molecule is COc1cc(/C=C2/SC(=Nc3ccc(C)c(Cl)c3)N(c3ccc(C)c(Cl)c3)C2=O)ccc1OCc1ccc(C(=O)O)cc1. The van der Waals surface area contributed by atoms with Crippen molar-refractivity contribution in [2.24, 2.45) is 4.99 Å². The number of anilines is 1. The number of halogens is 2. The van der Waals surface area contributed by atoms with Gasteiger partial charge in [0, 0.05) is 10.0 Å². The lowest BCUT2D eigenvalue weighted by atomic mass is 10.1. The number of aryl methyl sites for hydroxylation is 2. The number of aromatic carboxylic acids is 1. The van der Waals surface area contributed by atoms with Crippen molar-refractivity contribution in [3.63, 3.8) is 0 Å². The fraction of sp³-hybridized carbons (Fsp3) is 0.121. The van der Waals surface area contributed by atoms with Gasteiger partial charge < -0.3 is 14.6 Å². The topological polar surface area (TPSA) is 88.4 Å². The number of methoxy groups -OCH3 is 1. The average Bonchev–Trinajstić information content (AvgIpc) is 3.29. The third kappa shape index (κ3) is 6.88. The van der Waals surface area contributed by atoms with Gasteiger partial charge in [-0.15, -0.1) is 0 Å². The standard InChI is InChI=1S/C33H26Cl2N2O5S/c1-19-4-11-24(16-26(19)34)36-33-37(25-12-5-20(2)27(35)17-25)31(38)30(43-33)15-22-8-13-28(29(14-22)41-3)42-18-21-6-9-23(10-7-21)32(39)40/h4-17H,18H2,1-3H3,(H,39,40)/b30-15+,36-33?. The molecular weight excluding hydrogens is 607 g/mol. The molecule has 4 aromatic carbocycles. The zero-order valence-electron chi connectivity index (χ0n) is 23.4.